The van der Waals surface area contributed by atoms with E-state index in [1.165, 1.54) is 16.2 Å². The van der Waals surface area contributed by atoms with Crippen molar-refractivity contribution in [1.29, 1.82) is 0 Å². The molecule has 0 radical (unpaired) electrons. The van der Waals surface area contributed by atoms with Crippen molar-refractivity contribution in [3.63, 3.8) is 0 Å². The van der Waals surface area contributed by atoms with Crippen LogP contribution in [0.15, 0.2) is 66.2 Å². The Kier molecular flexibility index (Phi) is 5.97. The van der Waals surface area contributed by atoms with Crippen molar-refractivity contribution in [1.82, 2.24) is 4.98 Å². The Morgan fingerprint density at radius 2 is 1.69 bits per heavy atom. The van der Waals surface area contributed by atoms with Crippen LogP contribution in [0.4, 0.5) is 5.13 Å². The van der Waals surface area contributed by atoms with Gasteiger partial charge in [0.1, 0.15) is 17.3 Å². The summed E-state index contributed by atoms with van der Waals surface area (Å²) in [6.45, 7) is 3.97. The number of aromatic nitrogens is 1. The first-order valence-electron chi connectivity index (χ1n) is 11.3. The van der Waals surface area contributed by atoms with Gasteiger partial charge in [-0.1, -0.05) is 29.5 Å². The molecule has 182 valence electrons. The normalized spacial score (nSPS) is 17.1. The molecule has 0 aliphatic carbocycles. The number of carbonyl (C=O) groups excluding carboxylic acids is 2. The molecule has 1 N–H and O–H groups in total. The number of aryl methyl sites for hydroxylation is 2. The van der Waals surface area contributed by atoms with E-state index in [0.717, 1.165) is 21.3 Å². The smallest absolute Gasteiger partial charge is 0.301 e. The number of methoxy groups -OCH3 is 2. The van der Waals surface area contributed by atoms with Gasteiger partial charge in [-0.05, 0) is 73.0 Å². The minimum Gasteiger partial charge on any atom is -0.507 e. The molecule has 5 rings (SSSR count). The zero-order valence-electron chi connectivity index (χ0n) is 20.2. The van der Waals surface area contributed by atoms with E-state index in [2.05, 4.69) is 0 Å². The van der Waals surface area contributed by atoms with Crippen LogP contribution >= 0.6 is 11.3 Å². The lowest BCUT2D eigenvalue weighted by Crippen LogP contribution is -2.29. The molecule has 1 unspecified atom stereocenters. The Balaban J connectivity index is 1.73. The zero-order chi connectivity index (χ0) is 25.6. The Labute approximate surface area is 212 Å². The summed E-state index contributed by atoms with van der Waals surface area (Å²) in [7, 11) is 3.09. The average Bonchev–Trinajstić information content (AvgIpc) is 3.42. The molecular weight excluding hydrogens is 476 g/mol. The summed E-state index contributed by atoms with van der Waals surface area (Å²) in [5.74, 6) is -0.608. The van der Waals surface area contributed by atoms with Crippen LogP contribution in [0.1, 0.15) is 28.3 Å². The van der Waals surface area contributed by atoms with Crippen molar-refractivity contribution >= 4 is 44.1 Å². The van der Waals surface area contributed by atoms with Gasteiger partial charge in [-0.2, -0.15) is 0 Å². The zero-order valence-corrected chi connectivity index (χ0v) is 21.1. The van der Waals surface area contributed by atoms with E-state index in [4.69, 9.17) is 14.5 Å². The maximum atomic E-state index is 13.5. The number of fused-ring (bicyclic) bond motifs is 1. The lowest BCUT2D eigenvalue weighted by molar-refractivity contribution is -0.132. The van der Waals surface area contributed by atoms with Crippen LogP contribution in [0, 0.1) is 13.8 Å². The highest BCUT2D eigenvalue weighted by Gasteiger charge is 2.48. The predicted octanol–water partition coefficient (Wildman–Crippen LogP) is 5.56. The first-order chi connectivity index (χ1) is 17.3. The molecule has 3 aromatic carbocycles. The quantitative estimate of drug-likeness (QED) is 0.219. The number of nitrogens with zero attached hydrogens (tertiary/aromatic N) is 2. The van der Waals surface area contributed by atoms with Gasteiger partial charge in [0.2, 0.25) is 0 Å². The second kappa shape index (κ2) is 9.13. The van der Waals surface area contributed by atoms with E-state index >= 15 is 0 Å². The molecule has 8 heteroatoms. The van der Waals surface area contributed by atoms with Gasteiger partial charge in [-0.15, -0.1) is 0 Å². The third-order valence-corrected chi connectivity index (χ3v) is 7.24. The summed E-state index contributed by atoms with van der Waals surface area (Å²) in [4.78, 5) is 33.0. The van der Waals surface area contributed by atoms with Gasteiger partial charge in [0.25, 0.3) is 5.78 Å². The second-order valence-corrected chi connectivity index (χ2v) is 9.61. The summed E-state index contributed by atoms with van der Waals surface area (Å²) >= 11 is 1.34. The molecule has 2 heterocycles. The van der Waals surface area contributed by atoms with Crippen molar-refractivity contribution in [2.75, 3.05) is 19.1 Å². The lowest BCUT2D eigenvalue weighted by atomic mass is 9.95. The number of Topliss-reactive ketones (excluding diaryl/α,β-unsaturated/α-hetero) is 1. The van der Waals surface area contributed by atoms with Crippen molar-refractivity contribution in [2.45, 2.75) is 19.9 Å². The van der Waals surface area contributed by atoms with Gasteiger partial charge in [0, 0.05) is 5.56 Å². The average molecular weight is 501 g/mol. The standard InChI is InChI=1S/C28H24N2O5S/c1-15-12-16(2)23-21(13-15)36-28(29-23)30-24(18-6-5-7-20(14-18)35-4)22(26(32)27(30)33)25(31)17-8-10-19(34-3)11-9-17/h5-14,24,31H,1-4H3/b25-22+. The minimum absolute atomic E-state index is 0.00872. The van der Waals surface area contributed by atoms with Gasteiger partial charge in [0.05, 0.1) is 36.1 Å². The molecule has 1 aliphatic rings. The highest BCUT2D eigenvalue weighted by molar-refractivity contribution is 7.22. The molecule has 0 spiro atoms. The summed E-state index contributed by atoms with van der Waals surface area (Å²) in [6, 6.07) is 16.9. The Bertz CT molecular complexity index is 1540. The van der Waals surface area contributed by atoms with Crippen molar-refractivity contribution in [3.05, 3.63) is 88.5 Å². The van der Waals surface area contributed by atoms with Gasteiger partial charge in [0.15, 0.2) is 5.13 Å². The Hall–Kier alpha value is -4.17. The van der Waals surface area contributed by atoms with E-state index < -0.39 is 17.7 Å². The number of thiazole rings is 1. The molecule has 1 aromatic heterocycles. The number of ether oxygens (including phenoxy) is 2. The fraction of sp³-hybridized carbons (Fsp3) is 0.179. The molecule has 4 aromatic rings. The lowest BCUT2D eigenvalue weighted by Gasteiger charge is -2.23. The summed E-state index contributed by atoms with van der Waals surface area (Å²) in [5.41, 5.74) is 3.86. The summed E-state index contributed by atoms with van der Waals surface area (Å²) in [5, 5.41) is 11.7. The van der Waals surface area contributed by atoms with Gasteiger partial charge in [-0.25, -0.2) is 4.98 Å². The summed E-state index contributed by atoms with van der Waals surface area (Å²) < 4.78 is 11.5. The van der Waals surface area contributed by atoms with E-state index in [0.29, 0.717) is 27.8 Å². The SMILES string of the molecule is COc1ccc(/C(O)=C2\C(=O)C(=O)N(c3nc4c(C)cc(C)cc4s3)C2c2cccc(OC)c2)cc1. The van der Waals surface area contributed by atoms with E-state index in [1.807, 2.05) is 26.0 Å². The molecule has 0 saturated carbocycles. The van der Waals surface area contributed by atoms with Crippen LogP contribution in [0.25, 0.3) is 16.0 Å². The topological polar surface area (TPSA) is 89.0 Å². The van der Waals surface area contributed by atoms with Gasteiger partial charge in [-0.3, -0.25) is 14.5 Å². The number of hydrogen-bond donors (Lipinski definition) is 1. The maximum absolute atomic E-state index is 13.5. The number of anilines is 1. The number of ketones is 1. The fourth-order valence-electron chi connectivity index (χ4n) is 4.52. The Morgan fingerprint density at radius 1 is 0.972 bits per heavy atom. The molecule has 0 bridgehead atoms. The first kappa shape index (κ1) is 23.6. The summed E-state index contributed by atoms with van der Waals surface area (Å²) in [6.07, 6.45) is 0. The highest BCUT2D eigenvalue weighted by atomic mass is 32.1. The molecule has 1 aliphatic heterocycles. The monoisotopic (exact) mass is 500 g/mol. The van der Waals surface area contributed by atoms with E-state index in [9.17, 15) is 14.7 Å². The van der Waals surface area contributed by atoms with E-state index in [1.54, 1.807) is 62.8 Å². The number of carbonyl (C=O) groups is 2. The number of hydrogen-bond acceptors (Lipinski definition) is 7. The number of aliphatic hydroxyl groups is 1. The predicted molar refractivity (Wildman–Crippen MR) is 140 cm³/mol. The van der Waals surface area contributed by atoms with Crippen LogP contribution in [-0.2, 0) is 9.59 Å². The molecule has 1 fully saturated rings. The minimum atomic E-state index is -0.885. The van der Waals surface area contributed by atoms with Crippen LogP contribution in [0.2, 0.25) is 0 Å². The van der Waals surface area contributed by atoms with Crippen LogP contribution in [0.5, 0.6) is 11.5 Å². The number of benzene rings is 3. The molecule has 1 saturated heterocycles. The second-order valence-electron chi connectivity index (χ2n) is 8.60. The highest BCUT2D eigenvalue weighted by Crippen LogP contribution is 2.45. The van der Waals surface area contributed by atoms with Crippen LogP contribution < -0.4 is 14.4 Å². The molecule has 1 atom stereocenters. The molecule has 7 nitrogen and oxygen atoms in total. The van der Waals surface area contributed by atoms with E-state index in [-0.39, 0.29) is 11.3 Å². The first-order valence-corrected chi connectivity index (χ1v) is 12.1. The third kappa shape index (κ3) is 3.89. The fourth-order valence-corrected chi connectivity index (χ4v) is 5.69. The molecule has 1 amide bonds. The largest absolute Gasteiger partial charge is 0.507 e. The van der Waals surface area contributed by atoms with Crippen molar-refractivity contribution < 1.29 is 24.2 Å². The van der Waals surface area contributed by atoms with Crippen LogP contribution in [-0.4, -0.2) is 36.0 Å². The Morgan fingerprint density at radius 3 is 2.39 bits per heavy atom. The number of amides is 1. The van der Waals surface area contributed by atoms with Crippen molar-refractivity contribution in [2.24, 2.45) is 0 Å². The maximum Gasteiger partial charge on any atom is 0.301 e. The molecular formula is C28H24N2O5S. The van der Waals surface area contributed by atoms with Crippen LogP contribution in [0.3, 0.4) is 0 Å². The number of aliphatic hydroxyl groups excluding tert-OH is 1. The van der Waals surface area contributed by atoms with Gasteiger partial charge < -0.3 is 14.6 Å². The van der Waals surface area contributed by atoms with Crippen molar-refractivity contribution in [3.8, 4) is 11.5 Å². The van der Waals surface area contributed by atoms with Gasteiger partial charge >= 0.3 is 5.91 Å². The number of rotatable bonds is 5. The molecule has 36 heavy (non-hydrogen) atoms. The third-order valence-electron chi connectivity index (χ3n) is 6.24.